The van der Waals surface area contributed by atoms with Crippen molar-refractivity contribution in [2.45, 2.75) is 38.6 Å². The van der Waals surface area contributed by atoms with Gasteiger partial charge in [0.1, 0.15) is 0 Å². The Bertz CT molecular complexity index is 457. The van der Waals surface area contributed by atoms with Crippen molar-refractivity contribution in [1.82, 2.24) is 20.1 Å². The summed E-state index contributed by atoms with van der Waals surface area (Å²) in [5.74, 6) is 1.80. The molecule has 1 aromatic heterocycles. The second-order valence-electron chi connectivity index (χ2n) is 6.16. The molecule has 1 aromatic rings. The molecular weight excluding hydrogens is 264 g/mol. The van der Waals surface area contributed by atoms with Crippen LogP contribution in [0.1, 0.15) is 32.6 Å². The molecule has 1 unspecified atom stereocenters. The SMILES string of the molecule is CCC1CCCCN1c1nncc(N2CCN(C)CC2)n1. The second kappa shape index (κ2) is 6.56. The molecule has 6 nitrogen and oxygen atoms in total. The van der Waals surface area contributed by atoms with Gasteiger partial charge in [-0.1, -0.05) is 6.92 Å². The van der Waals surface area contributed by atoms with Crippen LogP contribution < -0.4 is 9.80 Å². The average Bonchev–Trinajstić information content (AvgIpc) is 2.55. The van der Waals surface area contributed by atoms with E-state index in [9.17, 15) is 0 Å². The van der Waals surface area contributed by atoms with Crippen LogP contribution in [-0.4, -0.2) is 65.9 Å². The van der Waals surface area contributed by atoms with Crippen LogP contribution in [0.5, 0.6) is 0 Å². The largest absolute Gasteiger partial charge is 0.353 e. The predicted molar refractivity (Wildman–Crippen MR) is 84.8 cm³/mol. The minimum Gasteiger partial charge on any atom is -0.353 e. The van der Waals surface area contributed by atoms with Crippen LogP contribution in [0, 0.1) is 0 Å². The van der Waals surface area contributed by atoms with E-state index in [2.05, 4.69) is 38.9 Å². The smallest absolute Gasteiger partial charge is 0.247 e. The molecule has 2 saturated heterocycles. The molecule has 0 bridgehead atoms. The Labute approximate surface area is 127 Å². The minimum atomic E-state index is 0.572. The highest BCUT2D eigenvalue weighted by Gasteiger charge is 2.24. The normalized spacial score (nSPS) is 24.4. The van der Waals surface area contributed by atoms with Gasteiger partial charge in [-0.05, 0) is 32.7 Å². The van der Waals surface area contributed by atoms with Gasteiger partial charge in [0.15, 0.2) is 5.82 Å². The first kappa shape index (κ1) is 14.5. The quantitative estimate of drug-likeness (QED) is 0.838. The van der Waals surface area contributed by atoms with Crippen molar-refractivity contribution in [3.8, 4) is 0 Å². The van der Waals surface area contributed by atoms with E-state index in [0.717, 1.165) is 50.9 Å². The van der Waals surface area contributed by atoms with E-state index in [1.54, 1.807) is 6.20 Å². The van der Waals surface area contributed by atoms with Crippen molar-refractivity contribution in [2.24, 2.45) is 0 Å². The van der Waals surface area contributed by atoms with Gasteiger partial charge in [0.25, 0.3) is 0 Å². The fourth-order valence-electron chi connectivity index (χ4n) is 3.28. The highest BCUT2D eigenvalue weighted by Crippen LogP contribution is 2.24. The standard InChI is InChI=1S/C15H26N6/c1-3-13-6-4-5-7-21(13)15-17-14(12-16-18-15)20-10-8-19(2)9-11-20/h12-13H,3-11H2,1-2H3. The summed E-state index contributed by atoms with van der Waals surface area (Å²) in [6.07, 6.45) is 6.76. The van der Waals surface area contributed by atoms with Crippen molar-refractivity contribution in [1.29, 1.82) is 0 Å². The summed E-state index contributed by atoms with van der Waals surface area (Å²) < 4.78 is 0. The molecule has 0 N–H and O–H groups in total. The Hall–Kier alpha value is -1.43. The molecule has 3 heterocycles. The highest BCUT2D eigenvalue weighted by atomic mass is 15.4. The van der Waals surface area contributed by atoms with Crippen LogP contribution in [-0.2, 0) is 0 Å². The van der Waals surface area contributed by atoms with Crippen LogP contribution in [0.15, 0.2) is 6.20 Å². The number of piperidine rings is 1. The maximum Gasteiger partial charge on any atom is 0.247 e. The second-order valence-corrected chi connectivity index (χ2v) is 6.16. The molecule has 0 aliphatic carbocycles. The molecular formula is C15H26N6. The van der Waals surface area contributed by atoms with E-state index in [1.807, 2.05) is 0 Å². The summed E-state index contributed by atoms with van der Waals surface area (Å²) in [5, 5.41) is 8.51. The Balaban J connectivity index is 1.76. The lowest BCUT2D eigenvalue weighted by molar-refractivity contribution is 0.312. The summed E-state index contributed by atoms with van der Waals surface area (Å²) in [7, 11) is 2.17. The first-order valence-electron chi connectivity index (χ1n) is 8.18. The van der Waals surface area contributed by atoms with Gasteiger partial charge >= 0.3 is 0 Å². The number of hydrogen-bond acceptors (Lipinski definition) is 6. The Morgan fingerprint density at radius 2 is 1.95 bits per heavy atom. The highest BCUT2D eigenvalue weighted by molar-refractivity contribution is 5.42. The Morgan fingerprint density at radius 1 is 1.14 bits per heavy atom. The number of likely N-dealkylation sites (N-methyl/N-ethyl adjacent to an activating group) is 1. The summed E-state index contributed by atoms with van der Waals surface area (Å²) in [5.41, 5.74) is 0. The summed E-state index contributed by atoms with van der Waals surface area (Å²) in [4.78, 5) is 11.8. The number of rotatable bonds is 3. The summed E-state index contributed by atoms with van der Waals surface area (Å²) in [6, 6.07) is 0.572. The van der Waals surface area contributed by atoms with Crippen molar-refractivity contribution in [3.05, 3.63) is 6.20 Å². The fourth-order valence-corrected chi connectivity index (χ4v) is 3.28. The van der Waals surface area contributed by atoms with Crippen LogP contribution >= 0.6 is 0 Å². The third-order valence-electron chi connectivity index (χ3n) is 4.72. The first-order chi connectivity index (χ1) is 10.3. The monoisotopic (exact) mass is 290 g/mol. The number of nitrogens with zero attached hydrogens (tertiary/aromatic N) is 6. The molecule has 116 valence electrons. The third-order valence-corrected chi connectivity index (χ3v) is 4.72. The lowest BCUT2D eigenvalue weighted by atomic mass is 10.0. The fraction of sp³-hybridized carbons (Fsp3) is 0.800. The lowest BCUT2D eigenvalue weighted by Gasteiger charge is -2.36. The van der Waals surface area contributed by atoms with Crippen molar-refractivity contribution >= 4 is 11.8 Å². The van der Waals surface area contributed by atoms with Gasteiger partial charge in [-0.15, -0.1) is 5.10 Å². The Kier molecular flexibility index (Phi) is 4.53. The van der Waals surface area contributed by atoms with Gasteiger partial charge in [0.05, 0.1) is 6.20 Å². The maximum atomic E-state index is 4.80. The number of piperazine rings is 1. The van der Waals surface area contributed by atoms with Gasteiger partial charge in [-0.3, -0.25) is 0 Å². The van der Waals surface area contributed by atoms with E-state index < -0.39 is 0 Å². The molecule has 0 amide bonds. The molecule has 2 aliphatic heterocycles. The van der Waals surface area contributed by atoms with Gasteiger partial charge in [0.2, 0.25) is 5.95 Å². The molecule has 2 aliphatic rings. The van der Waals surface area contributed by atoms with Gasteiger partial charge < -0.3 is 14.7 Å². The zero-order valence-electron chi connectivity index (χ0n) is 13.2. The molecule has 0 aromatic carbocycles. The van der Waals surface area contributed by atoms with E-state index in [-0.39, 0.29) is 0 Å². The topological polar surface area (TPSA) is 48.4 Å². The zero-order chi connectivity index (χ0) is 14.7. The van der Waals surface area contributed by atoms with Crippen molar-refractivity contribution < 1.29 is 0 Å². The lowest BCUT2D eigenvalue weighted by Crippen LogP contribution is -2.45. The van der Waals surface area contributed by atoms with E-state index in [4.69, 9.17) is 4.98 Å². The van der Waals surface area contributed by atoms with Gasteiger partial charge in [-0.2, -0.15) is 10.1 Å². The number of hydrogen-bond donors (Lipinski definition) is 0. The Morgan fingerprint density at radius 3 is 2.71 bits per heavy atom. The molecule has 3 rings (SSSR count). The molecule has 0 spiro atoms. The predicted octanol–water partition coefficient (Wildman–Crippen LogP) is 1.39. The number of anilines is 2. The summed E-state index contributed by atoms with van der Waals surface area (Å²) >= 11 is 0. The van der Waals surface area contributed by atoms with Gasteiger partial charge in [0, 0.05) is 38.8 Å². The van der Waals surface area contributed by atoms with Crippen molar-refractivity contribution in [3.63, 3.8) is 0 Å². The van der Waals surface area contributed by atoms with E-state index >= 15 is 0 Å². The van der Waals surface area contributed by atoms with Crippen LogP contribution in [0.2, 0.25) is 0 Å². The first-order valence-corrected chi connectivity index (χ1v) is 8.18. The molecule has 21 heavy (non-hydrogen) atoms. The number of aromatic nitrogens is 3. The van der Waals surface area contributed by atoms with E-state index in [0.29, 0.717) is 6.04 Å². The molecule has 0 radical (unpaired) electrons. The molecule has 1 atom stereocenters. The average molecular weight is 290 g/mol. The van der Waals surface area contributed by atoms with Crippen LogP contribution in [0.3, 0.4) is 0 Å². The molecule has 0 saturated carbocycles. The summed E-state index contributed by atoms with van der Waals surface area (Å²) in [6.45, 7) is 7.52. The third kappa shape index (κ3) is 3.26. The van der Waals surface area contributed by atoms with Gasteiger partial charge in [-0.25, -0.2) is 0 Å². The minimum absolute atomic E-state index is 0.572. The maximum absolute atomic E-state index is 4.80. The molecule has 2 fully saturated rings. The van der Waals surface area contributed by atoms with Crippen LogP contribution in [0.4, 0.5) is 11.8 Å². The zero-order valence-corrected chi connectivity index (χ0v) is 13.2. The van der Waals surface area contributed by atoms with Crippen LogP contribution in [0.25, 0.3) is 0 Å². The van der Waals surface area contributed by atoms with E-state index in [1.165, 1.54) is 19.3 Å². The molecule has 6 heteroatoms. The van der Waals surface area contributed by atoms with Crippen molar-refractivity contribution in [2.75, 3.05) is 49.6 Å².